The van der Waals surface area contributed by atoms with Crippen molar-refractivity contribution in [3.8, 4) is 11.3 Å². The first-order chi connectivity index (χ1) is 9.61. The molecule has 1 heterocycles. The van der Waals surface area contributed by atoms with E-state index in [1.807, 2.05) is 0 Å². The van der Waals surface area contributed by atoms with Gasteiger partial charge in [0.25, 0.3) is 5.69 Å². The van der Waals surface area contributed by atoms with Crippen LogP contribution in [0.1, 0.15) is 5.56 Å². The lowest BCUT2D eigenvalue weighted by Crippen LogP contribution is -2.14. The predicted molar refractivity (Wildman–Crippen MR) is 76.4 cm³/mol. The van der Waals surface area contributed by atoms with Crippen LogP contribution in [0.2, 0.25) is 0 Å². The Morgan fingerprint density at radius 3 is 2.90 bits per heavy atom. The van der Waals surface area contributed by atoms with Gasteiger partial charge in [-0.1, -0.05) is 12.1 Å². The topological polar surface area (TPSA) is 107 Å². The average molecular weight is 273 g/mol. The molecule has 0 atom stereocenters. The van der Waals surface area contributed by atoms with Crippen LogP contribution in [0.5, 0.6) is 0 Å². The Hall–Kier alpha value is -2.54. The van der Waals surface area contributed by atoms with E-state index in [9.17, 15) is 10.1 Å². The summed E-state index contributed by atoms with van der Waals surface area (Å²) < 4.78 is 0. The van der Waals surface area contributed by atoms with Gasteiger partial charge in [-0.3, -0.25) is 10.1 Å². The van der Waals surface area contributed by atoms with Crippen molar-refractivity contribution in [1.29, 1.82) is 0 Å². The Bertz CT molecular complexity index is 630. The molecule has 0 fully saturated rings. The van der Waals surface area contributed by atoms with Gasteiger partial charge in [0.05, 0.1) is 10.6 Å². The summed E-state index contributed by atoms with van der Waals surface area (Å²) in [5.41, 5.74) is 7.41. The van der Waals surface area contributed by atoms with E-state index in [1.54, 1.807) is 31.3 Å². The van der Waals surface area contributed by atoms with Crippen molar-refractivity contribution in [2.45, 2.75) is 6.92 Å². The number of nitro benzene ring substituents is 1. The van der Waals surface area contributed by atoms with E-state index in [-0.39, 0.29) is 5.69 Å². The van der Waals surface area contributed by atoms with Crippen LogP contribution in [0.25, 0.3) is 11.3 Å². The molecular formula is C13H15N5O2. The Labute approximate surface area is 116 Å². The molecule has 20 heavy (non-hydrogen) atoms. The summed E-state index contributed by atoms with van der Waals surface area (Å²) in [6.45, 7) is 2.75. The molecular weight excluding hydrogens is 258 g/mol. The van der Waals surface area contributed by atoms with Crippen molar-refractivity contribution in [1.82, 2.24) is 9.97 Å². The van der Waals surface area contributed by atoms with Crippen molar-refractivity contribution in [3.63, 3.8) is 0 Å². The van der Waals surface area contributed by atoms with Crippen molar-refractivity contribution < 1.29 is 4.92 Å². The first-order valence-corrected chi connectivity index (χ1v) is 6.14. The molecule has 0 aliphatic rings. The molecule has 0 aliphatic heterocycles. The van der Waals surface area contributed by atoms with Crippen molar-refractivity contribution in [2.75, 3.05) is 18.4 Å². The Morgan fingerprint density at radius 2 is 2.20 bits per heavy atom. The molecule has 7 nitrogen and oxygen atoms in total. The van der Waals surface area contributed by atoms with Crippen molar-refractivity contribution in [3.05, 3.63) is 46.1 Å². The molecule has 3 N–H and O–H groups in total. The zero-order valence-electron chi connectivity index (χ0n) is 11.0. The molecule has 7 heteroatoms. The Morgan fingerprint density at radius 1 is 1.40 bits per heavy atom. The van der Waals surface area contributed by atoms with Crippen molar-refractivity contribution in [2.24, 2.45) is 5.73 Å². The molecule has 0 amide bonds. The van der Waals surface area contributed by atoms with Gasteiger partial charge in [0.1, 0.15) is 0 Å². The number of hydrogen-bond acceptors (Lipinski definition) is 6. The number of nitrogens with one attached hydrogen (secondary N) is 1. The van der Waals surface area contributed by atoms with Crippen LogP contribution in [0.4, 0.5) is 11.6 Å². The summed E-state index contributed by atoms with van der Waals surface area (Å²) in [4.78, 5) is 18.9. The van der Waals surface area contributed by atoms with Crippen LogP contribution in [0.3, 0.4) is 0 Å². The fourth-order valence-electron chi connectivity index (χ4n) is 1.75. The molecule has 2 aromatic rings. The first kappa shape index (κ1) is 13.9. The smallest absolute Gasteiger partial charge is 0.272 e. The molecule has 0 bridgehead atoms. The maximum absolute atomic E-state index is 11.0. The fourth-order valence-corrected chi connectivity index (χ4v) is 1.75. The summed E-state index contributed by atoms with van der Waals surface area (Å²) in [5, 5.41) is 13.9. The minimum atomic E-state index is -0.395. The minimum absolute atomic E-state index is 0.0811. The number of nitrogens with zero attached hydrogens (tertiary/aromatic N) is 3. The Kier molecular flexibility index (Phi) is 4.21. The molecule has 104 valence electrons. The second-order valence-electron chi connectivity index (χ2n) is 4.24. The second kappa shape index (κ2) is 6.07. The molecule has 2 rings (SSSR count). The van der Waals surface area contributed by atoms with Crippen LogP contribution < -0.4 is 11.1 Å². The summed E-state index contributed by atoms with van der Waals surface area (Å²) in [6, 6.07) is 6.74. The molecule has 0 radical (unpaired) electrons. The molecule has 0 saturated heterocycles. The summed E-state index contributed by atoms with van der Waals surface area (Å²) in [5.74, 6) is 0.455. The molecule has 0 spiro atoms. The number of hydrogen-bond donors (Lipinski definition) is 2. The van der Waals surface area contributed by atoms with Crippen LogP contribution in [0, 0.1) is 17.0 Å². The highest BCUT2D eigenvalue weighted by atomic mass is 16.6. The minimum Gasteiger partial charge on any atom is -0.353 e. The van der Waals surface area contributed by atoms with E-state index in [4.69, 9.17) is 5.73 Å². The fraction of sp³-hybridized carbons (Fsp3) is 0.231. The normalized spacial score (nSPS) is 10.3. The number of aromatic nitrogens is 2. The number of rotatable bonds is 5. The van der Waals surface area contributed by atoms with Gasteiger partial charge in [-0.05, 0) is 13.0 Å². The monoisotopic (exact) mass is 273 g/mol. The first-order valence-electron chi connectivity index (χ1n) is 6.14. The molecule has 0 saturated carbocycles. The maximum atomic E-state index is 11.0. The third-order valence-corrected chi connectivity index (χ3v) is 2.78. The van der Waals surface area contributed by atoms with Gasteiger partial charge in [-0.25, -0.2) is 9.97 Å². The van der Waals surface area contributed by atoms with Crippen molar-refractivity contribution >= 4 is 11.6 Å². The average Bonchev–Trinajstić information content (AvgIpc) is 2.45. The summed E-state index contributed by atoms with van der Waals surface area (Å²) in [6.07, 6.45) is 1.60. The van der Waals surface area contributed by atoms with E-state index < -0.39 is 4.92 Å². The Balaban J connectivity index is 2.36. The largest absolute Gasteiger partial charge is 0.353 e. The predicted octanol–water partition coefficient (Wildman–Crippen LogP) is 1.73. The van der Waals surface area contributed by atoms with Gasteiger partial charge in [0.2, 0.25) is 5.95 Å². The lowest BCUT2D eigenvalue weighted by molar-refractivity contribution is -0.385. The lowest BCUT2D eigenvalue weighted by Gasteiger charge is -2.06. The zero-order valence-corrected chi connectivity index (χ0v) is 11.0. The lowest BCUT2D eigenvalue weighted by atomic mass is 10.1. The van der Waals surface area contributed by atoms with E-state index in [0.717, 1.165) is 0 Å². The molecule has 1 aromatic carbocycles. The molecule has 1 aromatic heterocycles. The van der Waals surface area contributed by atoms with Crippen LogP contribution in [-0.4, -0.2) is 28.0 Å². The molecule has 0 unspecified atom stereocenters. The van der Waals surface area contributed by atoms with E-state index in [0.29, 0.717) is 35.9 Å². The van der Waals surface area contributed by atoms with E-state index in [2.05, 4.69) is 15.3 Å². The SMILES string of the molecule is Cc1ccc(-c2ccnc(NCCN)n2)cc1[N+](=O)[O-]. The van der Waals surface area contributed by atoms with Gasteiger partial charge < -0.3 is 11.1 Å². The van der Waals surface area contributed by atoms with Gasteiger partial charge in [0, 0.05) is 36.5 Å². The number of aryl methyl sites for hydroxylation is 1. The summed E-state index contributed by atoms with van der Waals surface area (Å²) in [7, 11) is 0. The highest BCUT2D eigenvalue weighted by molar-refractivity contribution is 5.64. The van der Waals surface area contributed by atoms with E-state index in [1.165, 1.54) is 6.07 Å². The molecule has 0 aliphatic carbocycles. The van der Waals surface area contributed by atoms with Crippen LogP contribution >= 0.6 is 0 Å². The van der Waals surface area contributed by atoms with Gasteiger partial charge >= 0.3 is 0 Å². The highest BCUT2D eigenvalue weighted by Gasteiger charge is 2.12. The van der Waals surface area contributed by atoms with E-state index >= 15 is 0 Å². The van der Waals surface area contributed by atoms with Gasteiger partial charge in [-0.15, -0.1) is 0 Å². The highest BCUT2D eigenvalue weighted by Crippen LogP contribution is 2.25. The number of anilines is 1. The third-order valence-electron chi connectivity index (χ3n) is 2.78. The standard InChI is InChI=1S/C13H15N5O2/c1-9-2-3-10(8-12(9)18(19)20)11-4-6-15-13(17-11)16-7-5-14/h2-4,6,8H,5,7,14H2,1H3,(H,15,16,17). The summed E-state index contributed by atoms with van der Waals surface area (Å²) >= 11 is 0. The van der Waals surface area contributed by atoms with Crippen LogP contribution in [0.15, 0.2) is 30.5 Å². The van der Waals surface area contributed by atoms with Crippen LogP contribution in [-0.2, 0) is 0 Å². The number of benzene rings is 1. The number of nitrogens with two attached hydrogens (primary N) is 1. The van der Waals surface area contributed by atoms with Gasteiger partial charge in [0.15, 0.2) is 0 Å². The quantitative estimate of drug-likeness (QED) is 0.634. The zero-order chi connectivity index (χ0) is 14.5. The third kappa shape index (κ3) is 3.07. The second-order valence-corrected chi connectivity index (χ2v) is 4.24. The maximum Gasteiger partial charge on any atom is 0.272 e. The number of nitro groups is 1. The van der Waals surface area contributed by atoms with Gasteiger partial charge in [-0.2, -0.15) is 0 Å².